The first-order valence-corrected chi connectivity index (χ1v) is 10.5. The SMILES string of the molecule is CCOc1ccc2nc(N3CCN(C(=O)c4ccc(Cl)s4)CC3)sc2c1. The number of thiophene rings is 1. The fourth-order valence-electron chi connectivity index (χ4n) is 2.97. The van der Waals surface area contributed by atoms with Crippen LogP contribution >= 0.6 is 34.3 Å². The van der Waals surface area contributed by atoms with Gasteiger partial charge in [-0.1, -0.05) is 22.9 Å². The Kier molecular flexibility index (Phi) is 5.02. The van der Waals surface area contributed by atoms with Crippen molar-refractivity contribution < 1.29 is 9.53 Å². The number of halogens is 1. The summed E-state index contributed by atoms with van der Waals surface area (Å²) >= 11 is 8.94. The molecule has 1 saturated heterocycles. The van der Waals surface area contributed by atoms with Crippen LogP contribution in [0.15, 0.2) is 30.3 Å². The van der Waals surface area contributed by atoms with Crippen molar-refractivity contribution in [3.8, 4) is 5.75 Å². The molecular formula is C18H18ClN3O2S2. The molecule has 2 aromatic heterocycles. The minimum atomic E-state index is 0.0622. The Hall–Kier alpha value is -1.83. The third kappa shape index (κ3) is 3.51. The second-order valence-electron chi connectivity index (χ2n) is 5.94. The summed E-state index contributed by atoms with van der Waals surface area (Å²) in [6, 6.07) is 9.57. The second-order valence-corrected chi connectivity index (χ2v) is 8.67. The molecule has 8 heteroatoms. The highest BCUT2D eigenvalue weighted by Gasteiger charge is 2.24. The van der Waals surface area contributed by atoms with E-state index in [-0.39, 0.29) is 5.91 Å². The van der Waals surface area contributed by atoms with E-state index in [9.17, 15) is 4.79 Å². The monoisotopic (exact) mass is 407 g/mol. The number of benzene rings is 1. The van der Waals surface area contributed by atoms with E-state index in [4.69, 9.17) is 21.3 Å². The standard InChI is InChI=1S/C18H18ClN3O2S2/c1-2-24-12-3-4-13-15(11-12)26-18(20-13)22-9-7-21(8-10-22)17(23)14-5-6-16(19)25-14/h3-6,11H,2,7-10H2,1H3. The molecule has 4 rings (SSSR count). The molecule has 1 amide bonds. The molecule has 1 fully saturated rings. The molecule has 0 radical (unpaired) electrons. The molecule has 0 saturated carbocycles. The van der Waals surface area contributed by atoms with Gasteiger partial charge in [-0.25, -0.2) is 4.98 Å². The minimum Gasteiger partial charge on any atom is -0.494 e. The number of piperazine rings is 1. The van der Waals surface area contributed by atoms with Crippen LogP contribution in [0.2, 0.25) is 4.34 Å². The third-order valence-electron chi connectivity index (χ3n) is 4.28. The molecular weight excluding hydrogens is 390 g/mol. The van der Waals surface area contributed by atoms with E-state index < -0.39 is 0 Å². The lowest BCUT2D eigenvalue weighted by atomic mass is 10.3. The summed E-state index contributed by atoms with van der Waals surface area (Å²) in [7, 11) is 0. The number of nitrogens with zero attached hydrogens (tertiary/aromatic N) is 3. The lowest BCUT2D eigenvalue weighted by Gasteiger charge is -2.34. The summed E-state index contributed by atoms with van der Waals surface area (Å²) in [5, 5.41) is 1.000. The predicted octanol–water partition coefficient (Wildman–Crippen LogP) is 4.37. The molecule has 1 aliphatic heterocycles. The van der Waals surface area contributed by atoms with Crippen molar-refractivity contribution in [1.29, 1.82) is 0 Å². The second kappa shape index (κ2) is 7.42. The number of hydrogen-bond acceptors (Lipinski definition) is 6. The average molecular weight is 408 g/mol. The summed E-state index contributed by atoms with van der Waals surface area (Å²) in [6.45, 7) is 5.57. The van der Waals surface area contributed by atoms with Crippen LogP contribution in [-0.2, 0) is 0 Å². The molecule has 0 spiro atoms. The zero-order chi connectivity index (χ0) is 18.1. The summed E-state index contributed by atoms with van der Waals surface area (Å²) in [4.78, 5) is 22.1. The number of carbonyl (C=O) groups excluding carboxylic acids is 1. The van der Waals surface area contributed by atoms with Crippen molar-refractivity contribution >= 4 is 55.5 Å². The quantitative estimate of drug-likeness (QED) is 0.644. The largest absolute Gasteiger partial charge is 0.494 e. The Balaban J connectivity index is 1.44. The van der Waals surface area contributed by atoms with Gasteiger partial charge in [0.1, 0.15) is 5.75 Å². The third-order valence-corrected chi connectivity index (χ3v) is 6.58. The first-order chi connectivity index (χ1) is 12.6. The highest BCUT2D eigenvalue weighted by Crippen LogP contribution is 2.32. The van der Waals surface area contributed by atoms with Crippen molar-refractivity contribution in [2.45, 2.75) is 6.92 Å². The van der Waals surface area contributed by atoms with Gasteiger partial charge in [0.05, 0.1) is 26.0 Å². The molecule has 3 aromatic rings. The Morgan fingerprint density at radius 1 is 1.19 bits per heavy atom. The van der Waals surface area contributed by atoms with Crippen LogP contribution in [0, 0.1) is 0 Å². The van der Waals surface area contributed by atoms with Gasteiger partial charge in [0, 0.05) is 26.2 Å². The van der Waals surface area contributed by atoms with Crippen molar-refractivity contribution in [2.75, 3.05) is 37.7 Å². The van der Waals surface area contributed by atoms with Gasteiger partial charge >= 0.3 is 0 Å². The van der Waals surface area contributed by atoms with E-state index in [0.717, 1.165) is 34.2 Å². The predicted molar refractivity (Wildman–Crippen MR) is 108 cm³/mol. The van der Waals surface area contributed by atoms with Crippen molar-refractivity contribution in [3.05, 3.63) is 39.5 Å². The number of thiazole rings is 1. The maximum Gasteiger partial charge on any atom is 0.264 e. The minimum absolute atomic E-state index is 0.0622. The molecule has 1 aromatic carbocycles. The van der Waals surface area contributed by atoms with Crippen LogP contribution in [0.1, 0.15) is 16.6 Å². The van der Waals surface area contributed by atoms with Crippen LogP contribution in [0.3, 0.4) is 0 Å². The van der Waals surface area contributed by atoms with E-state index in [1.54, 1.807) is 23.5 Å². The Morgan fingerprint density at radius 2 is 2.00 bits per heavy atom. The molecule has 0 N–H and O–H groups in total. The number of rotatable bonds is 4. The Morgan fingerprint density at radius 3 is 2.69 bits per heavy atom. The number of aromatic nitrogens is 1. The summed E-state index contributed by atoms with van der Waals surface area (Å²) in [5.74, 6) is 0.937. The van der Waals surface area contributed by atoms with E-state index in [1.807, 2.05) is 30.0 Å². The zero-order valence-electron chi connectivity index (χ0n) is 14.3. The number of fused-ring (bicyclic) bond motifs is 1. The van der Waals surface area contributed by atoms with Gasteiger partial charge in [0.2, 0.25) is 0 Å². The number of hydrogen-bond donors (Lipinski definition) is 0. The summed E-state index contributed by atoms with van der Waals surface area (Å²) in [6.07, 6.45) is 0. The highest BCUT2D eigenvalue weighted by molar-refractivity contribution is 7.22. The van der Waals surface area contributed by atoms with Gasteiger partial charge in [-0.3, -0.25) is 4.79 Å². The first kappa shape index (κ1) is 17.6. The summed E-state index contributed by atoms with van der Waals surface area (Å²) < 4.78 is 7.33. The lowest BCUT2D eigenvalue weighted by molar-refractivity contribution is 0.0751. The number of carbonyl (C=O) groups is 1. The Labute approximate surface area is 164 Å². The maximum absolute atomic E-state index is 12.5. The van der Waals surface area contributed by atoms with Crippen LogP contribution < -0.4 is 9.64 Å². The fourth-order valence-corrected chi connectivity index (χ4v) is 5.03. The van der Waals surface area contributed by atoms with E-state index >= 15 is 0 Å². The van der Waals surface area contributed by atoms with E-state index in [1.165, 1.54) is 11.3 Å². The van der Waals surface area contributed by atoms with Gasteiger partial charge in [-0.2, -0.15) is 0 Å². The number of amides is 1. The van der Waals surface area contributed by atoms with Crippen LogP contribution in [-0.4, -0.2) is 48.6 Å². The molecule has 1 aliphatic rings. The van der Waals surface area contributed by atoms with Gasteiger partial charge < -0.3 is 14.5 Å². The van der Waals surface area contributed by atoms with Crippen molar-refractivity contribution in [2.24, 2.45) is 0 Å². The molecule has 0 bridgehead atoms. The number of anilines is 1. The van der Waals surface area contributed by atoms with Crippen LogP contribution in [0.25, 0.3) is 10.2 Å². The normalized spacial score (nSPS) is 14.8. The van der Waals surface area contributed by atoms with Gasteiger partial charge in [0.15, 0.2) is 5.13 Å². The molecule has 5 nitrogen and oxygen atoms in total. The maximum atomic E-state index is 12.5. The van der Waals surface area contributed by atoms with E-state index in [2.05, 4.69) is 4.90 Å². The van der Waals surface area contributed by atoms with Gasteiger partial charge in [-0.05, 0) is 37.3 Å². The molecule has 0 unspecified atom stereocenters. The average Bonchev–Trinajstić information content (AvgIpc) is 3.27. The first-order valence-electron chi connectivity index (χ1n) is 8.47. The lowest BCUT2D eigenvalue weighted by Crippen LogP contribution is -2.48. The topological polar surface area (TPSA) is 45.7 Å². The zero-order valence-corrected chi connectivity index (χ0v) is 16.7. The van der Waals surface area contributed by atoms with Gasteiger partial charge in [-0.15, -0.1) is 11.3 Å². The highest BCUT2D eigenvalue weighted by atomic mass is 35.5. The van der Waals surface area contributed by atoms with Crippen LogP contribution in [0.5, 0.6) is 5.75 Å². The van der Waals surface area contributed by atoms with E-state index in [0.29, 0.717) is 28.9 Å². The van der Waals surface area contributed by atoms with Crippen molar-refractivity contribution in [3.63, 3.8) is 0 Å². The molecule has 3 heterocycles. The fraction of sp³-hybridized carbons (Fsp3) is 0.333. The molecule has 136 valence electrons. The van der Waals surface area contributed by atoms with Crippen LogP contribution in [0.4, 0.5) is 5.13 Å². The number of ether oxygens (including phenoxy) is 1. The Bertz CT molecular complexity index is 932. The van der Waals surface area contributed by atoms with Crippen molar-refractivity contribution in [1.82, 2.24) is 9.88 Å². The molecule has 0 aliphatic carbocycles. The summed E-state index contributed by atoms with van der Waals surface area (Å²) in [5.41, 5.74) is 0.986. The molecule has 26 heavy (non-hydrogen) atoms. The van der Waals surface area contributed by atoms with Gasteiger partial charge in [0.25, 0.3) is 5.91 Å². The smallest absolute Gasteiger partial charge is 0.264 e. The molecule has 0 atom stereocenters.